The van der Waals surface area contributed by atoms with E-state index in [1.165, 1.54) is 26.1 Å². The Morgan fingerprint density at radius 2 is 2.12 bits per heavy atom. The Morgan fingerprint density at radius 1 is 1.36 bits per heavy atom. The molecule has 138 valence electrons. The number of benzene rings is 1. The molecule has 0 aliphatic carbocycles. The van der Waals surface area contributed by atoms with Crippen molar-refractivity contribution >= 4 is 29.1 Å². The average molecular weight is 365 g/mol. The van der Waals surface area contributed by atoms with E-state index in [0.29, 0.717) is 6.29 Å². The van der Waals surface area contributed by atoms with Crippen LogP contribution in [0.1, 0.15) is 13.3 Å². The molecule has 6 nitrogen and oxygen atoms in total. The lowest BCUT2D eigenvalue weighted by molar-refractivity contribution is -0.108. The summed E-state index contributed by atoms with van der Waals surface area (Å²) in [6.45, 7) is 6.46. The Bertz CT molecular complexity index is 612. The van der Waals surface area contributed by atoms with E-state index in [1.807, 2.05) is 24.3 Å². The van der Waals surface area contributed by atoms with E-state index in [9.17, 15) is 4.79 Å². The van der Waals surface area contributed by atoms with E-state index in [1.54, 1.807) is 19.3 Å². The third-order valence-corrected chi connectivity index (χ3v) is 4.07. The SMILES string of the molecule is CN1CCCNCC1.C[C@H](N)C=O.OSc1cccc2cnccc12. The minimum Gasteiger partial charge on any atom is -0.325 e. The van der Waals surface area contributed by atoms with Gasteiger partial charge in [0.25, 0.3) is 0 Å². The van der Waals surface area contributed by atoms with Crippen LogP contribution < -0.4 is 11.1 Å². The summed E-state index contributed by atoms with van der Waals surface area (Å²) < 4.78 is 8.93. The standard InChI is InChI=1S/C9H7NOS.C6H14N2.C3H7NO/c11-12-9-3-1-2-7-6-10-5-4-8(7)9;1-8-5-2-3-7-4-6-8;1-3(4)2-5/h1-6,11H;7H,2-6H2,1H3;2-3H,4H2,1H3/t;;3-/m..0/s1. The summed E-state index contributed by atoms with van der Waals surface area (Å²) in [4.78, 5) is 16.6. The number of carbonyl (C=O) groups excluding carboxylic acids is 1. The Hall–Kier alpha value is -1.51. The van der Waals surface area contributed by atoms with Crippen molar-refractivity contribution in [3.05, 3.63) is 36.7 Å². The molecule has 25 heavy (non-hydrogen) atoms. The molecule has 1 aromatic heterocycles. The van der Waals surface area contributed by atoms with Gasteiger partial charge in [-0.1, -0.05) is 12.1 Å². The van der Waals surface area contributed by atoms with E-state index in [-0.39, 0.29) is 6.04 Å². The van der Waals surface area contributed by atoms with Crippen LogP contribution in [0.15, 0.2) is 41.6 Å². The van der Waals surface area contributed by atoms with Gasteiger partial charge >= 0.3 is 0 Å². The number of nitrogens with zero attached hydrogens (tertiary/aromatic N) is 2. The summed E-state index contributed by atoms with van der Waals surface area (Å²) in [5, 5.41) is 5.43. The lowest BCUT2D eigenvalue weighted by Gasteiger charge is -2.09. The monoisotopic (exact) mass is 364 g/mol. The zero-order valence-corrected chi connectivity index (χ0v) is 15.7. The zero-order valence-electron chi connectivity index (χ0n) is 14.9. The first kappa shape index (κ1) is 21.5. The van der Waals surface area contributed by atoms with Crippen LogP contribution in [-0.2, 0) is 4.79 Å². The predicted octanol–water partition coefficient (Wildman–Crippen LogP) is 2.24. The molecule has 1 aliphatic rings. The highest BCUT2D eigenvalue weighted by molar-refractivity contribution is 7.94. The van der Waals surface area contributed by atoms with E-state index < -0.39 is 0 Å². The topological polar surface area (TPSA) is 91.5 Å². The third kappa shape index (κ3) is 8.94. The van der Waals surface area contributed by atoms with Gasteiger partial charge in [-0.15, -0.1) is 0 Å². The van der Waals surface area contributed by atoms with Crippen molar-refractivity contribution < 1.29 is 9.35 Å². The van der Waals surface area contributed by atoms with Gasteiger partial charge in [0.15, 0.2) is 0 Å². The van der Waals surface area contributed by atoms with Gasteiger partial charge in [0.05, 0.1) is 6.04 Å². The number of nitrogens with one attached hydrogen (secondary N) is 1. The van der Waals surface area contributed by atoms with E-state index in [2.05, 4.69) is 22.2 Å². The van der Waals surface area contributed by atoms with Gasteiger partial charge in [-0.3, -0.25) is 4.98 Å². The Balaban J connectivity index is 0.000000209. The van der Waals surface area contributed by atoms with Crippen molar-refractivity contribution in [2.75, 3.05) is 33.2 Å². The van der Waals surface area contributed by atoms with Crippen molar-refractivity contribution in [1.29, 1.82) is 0 Å². The largest absolute Gasteiger partial charge is 0.325 e. The first-order valence-electron chi connectivity index (χ1n) is 8.32. The predicted molar refractivity (Wildman–Crippen MR) is 105 cm³/mol. The number of aldehydes is 1. The fourth-order valence-electron chi connectivity index (χ4n) is 2.15. The summed E-state index contributed by atoms with van der Waals surface area (Å²) in [6.07, 6.45) is 5.51. The molecule has 0 saturated carbocycles. The van der Waals surface area contributed by atoms with Crippen LogP contribution >= 0.6 is 12.0 Å². The van der Waals surface area contributed by atoms with Crippen LogP contribution in [0.25, 0.3) is 10.8 Å². The summed E-state index contributed by atoms with van der Waals surface area (Å²) >= 11 is 0.771. The molecule has 1 atom stereocenters. The summed E-state index contributed by atoms with van der Waals surface area (Å²) in [6, 6.07) is 7.36. The maximum absolute atomic E-state index is 9.38. The number of fused-ring (bicyclic) bond motifs is 1. The highest BCUT2D eigenvalue weighted by Gasteiger charge is 2.00. The van der Waals surface area contributed by atoms with E-state index >= 15 is 0 Å². The number of hydrogen-bond acceptors (Lipinski definition) is 7. The smallest absolute Gasteiger partial charge is 0.136 e. The first-order chi connectivity index (χ1) is 12.1. The van der Waals surface area contributed by atoms with Crippen molar-refractivity contribution in [3.63, 3.8) is 0 Å². The zero-order chi connectivity index (χ0) is 18.5. The fourth-order valence-corrected chi connectivity index (χ4v) is 2.58. The molecule has 0 bridgehead atoms. The second kappa shape index (κ2) is 12.8. The maximum atomic E-state index is 9.38. The Labute approximate surface area is 154 Å². The van der Waals surface area contributed by atoms with Gasteiger partial charge in [-0.25, -0.2) is 0 Å². The molecule has 4 N–H and O–H groups in total. The highest BCUT2D eigenvalue weighted by Crippen LogP contribution is 2.24. The van der Waals surface area contributed by atoms with E-state index in [4.69, 9.17) is 10.3 Å². The molecule has 1 aromatic carbocycles. The van der Waals surface area contributed by atoms with Crippen molar-refractivity contribution in [2.45, 2.75) is 24.3 Å². The summed E-state index contributed by atoms with van der Waals surface area (Å²) in [5.41, 5.74) is 4.92. The van der Waals surface area contributed by atoms with Crippen molar-refractivity contribution in [2.24, 2.45) is 5.73 Å². The molecule has 7 heteroatoms. The average Bonchev–Trinajstić information content (AvgIpc) is 2.89. The van der Waals surface area contributed by atoms with Crippen LogP contribution in [0.5, 0.6) is 0 Å². The van der Waals surface area contributed by atoms with Crippen LogP contribution in [-0.4, -0.2) is 60.0 Å². The molecular formula is C18H28N4O2S. The molecule has 1 saturated heterocycles. The molecule has 2 aromatic rings. The van der Waals surface area contributed by atoms with Crippen LogP contribution in [0.3, 0.4) is 0 Å². The van der Waals surface area contributed by atoms with Crippen LogP contribution in [0.4, 0.5) is 0 Å². The lowest BCUT2D eigenvalue weighted by Crippen LogP contribution is -2.23. The van der Waals surface area contributed by atoms with Crippen molar-refractivity contribution in [1.82, 2.24) is 15.2 Å². The first-order valence-corrected chi connectivity index (χ1v) is 9.10. The summed E-state index contributed by atoms with van der Waals surface area (Å²) in [7, 11) is 2.17. The quantitative estimate of drug-likeness (QED) is 0.556. The number of carbonyl (C=O) groups is 1. The third-order valence-electron chi connectivity index (χ3n) is 3.52. The number of rotatable bonds is 2. The molecule has 2 heterocycles. The van der Waals surface area contributed by atoms with Gasteiger partial charge < -0.3 is 25.3 Å². The molecule has 3 rings (SSSR count). The van der Waals surface area contributed by atoms with E-state index in [0.717, 1.165) is 34.3 Å². The molecule has 0 amide bonds. The highest BCUT2D eigenvalue weighted by atomic mass is 32.2. The molecule has 0 radical (unpaired) electrons. The summed E-state index contributed by atoms with van der Waals surface area (Å²) in [5.74, 6) is 0. The number of pyridine rings is 1. The van der Waals surface area contributed by atoms with Gasteiger partial charge in [0, 0.05) is 53.2 Å². The Morgan fingerprint density at radius 3 is 2.80 bits per heavy atom. The number of likely N-dealkylation sites (N-methyl/N-ethyl adjacent to an activating group) is 1. The lowest BCUT2D eigenvalue weighted by atomic mass is 10.2. The Kier molecular flexibility index (Phi) is 11.0. The molecular weight excluding hydrogens is 336 g/mol. The fraction of sp³-hybridized carbons (Fsp3) is 0.444. The van der Waals surface area contributed by atoms with Gasteiger partial charge in [-0.2, -0.15) is 0 Å². The molecule has 0 spiro atoms. The number of aromatic nitrogens is 1. The van der Waals surface area contributed by atoms with Gasteiger partial charge in [-0.05, 0) is 45.6 Å². The second-order valence-corrected chi connectivity index (χ2v) is 6.47. The molecule has 1 fully saturated rings. The minimum absolute atomic E-state index is 0.296. The van der Waals surface area contributed by atoms with Gasteiger partial charge in [0.2, 0.25) is 0 Å². The minimum atomic E-state index is -0.296. The number of hydrogen-bond donors (Lipinski definition) is 3. The number of nitrogens with two attached hydrogens (primary N) is 1. The molecule has 1 aliphatic heterocycles. The molecule has 0 unspecified atom stereocenters. The normalized spacial score (nSPS) is 15.8. The van der Waals surface area contributed by atoms with Crippen LogP contribution in [0.2, 0.25) is 0 Å². The van der Waals surface area contributed by atoms with Crippen molar-refractivity contribution in [3.8, 4) is 0 Å². The second-order valence-electron chi connectivity index (χ2n) is 5.85. The maximum Gasteiger partial charge on any atom is 0.136 e. The van der Waals surface area contributed by atoms with Crippen LogP contribution in [0, 0.1) is 0 Å². The van der Waals surface area contributed by atoms with Gasteiger partial charge in [0.1, 0.15) is 6.29 Å².